The molecule has 2 aliphatic rings. The molecule has 1 atom stereocenters. The highest BCUT2D eigenvalue weighted by atomic mass is 127. The summed E-state index contributed by atoms with van der Waals surface area (Å²) in [4.78, 5) is 18.9. The summed E-state index contributed by atoms with van der Waals surface area (Å²) in [6.07, 6.45) is 5.44. The van der Waals surface area contributed by atoms with E-state index >= 15 is 0 Å². The summed E-state index contributed by atoms with van der Waals surface area (Å²) in [5.41, 5.74) is 1.12. The molecule has 30 heavy (non-hydrogen) atoms. The number of fused-ring (bicyclic) bond motifs is 1. The van der Waals surface area contributed by atoms with Gasteiger partial charge >= 0.3 is 0 Å². The van der Waals surface area contributed by atoms with Crippen LogP contribution >= 0.6 is 24.0 Å². The fourth-order valence-corrected chi connectivity index (χ4v) is 3.78. The largest absolute Gasteiger partial charge is 0.493 e. The lowest BCUT2D eigenvalue weighted by Gasteiger charge is -2.28. The SMILES string of the molecule is I.O=C(CN=C(NCCc1ccco1)NC1CCOc2ccccc21)N1CCCC1. The van der Waals surface area contributed by atoms with Gasteiger partial charge in [0.1, 0.15) is 18.1 Å². The van der Waals surface area contributed by atoms with E-state index in [1.807, 2.05) is 35.2 Å². The minimum absolute atomic E-state index is 0. The Labute approximate surface area is 194 Å². The molecule has 1 aromatic carbocycles. The number of hydrogen-bond donors (Lipinski definition) is 2. The van der Waals surface area contributed by atoms with Crippen molar-refractivity contribution in [3.8, 4) is 5.75 Å². The van der Waals surface area contributed by atoms with Gasteiger partial charge in [-0.05, 0) is 31.0 Å². The monoisotopic (exact) mass is 524 g/mol. The van der Waals surface area contributed by atoms with Crippen molar-refractivity contribution in [3.63, 3.8) is 0 Å². The Morgan fingerprint density at radius 3 is 2.80 bits per heavy atom. The summed E-state index contributed by atoms with van der Waals surface area (Å²) in [7, 11) is 0. The molecule has 0 spiro atoms. The van der Waals surface area contributed by atoms with Gasteiger partial charge in [0.2, 0.25) is 5.91 Å². The quantitative estimate of drug-likeness (QED) is 0.345. The third-order valence-corrected chi connectivity index (χ3v) is 5.34. The topological polar surface area (TPSA) is 79.1 Å². The predicted molar refractivity (Wildman–Crippen MR) is 126 cm³/mol. The summed E-state index contributed by atoms with van der Waals surface area (Å²) in [6, 6.07) is 12.0. The minimum Gasteiger partial charge on any atom is -0.493 e. The van der Waals surface area contributed by atoms with E-state index in [0.29, 0.717) is 19.1 Å². The molecule has 1 amide bonds. The fourth-order valence-electron chi connectivity index (χ4n) is 3.78. The van der Waals surface area contributed by atoms with Crippen LogP contribution in [0.4, 0.5) is 0 Å². The number of carbonyl (C=O) groups excluding carboxylic acids is 1. The van der Waals surface area contributed by atoms with Crippen LogP contribution in [0.15, 0.2) is 52.1 Å². The number of aliphatic imine (C=N–C) groups is 1. The Morgan fingerprint density at radius 1 is 1.17 bits per heavy atom. The van der Waals surface area contributed by atoms with Gasteiger partial charge in [0, 0.05) is 38.0 Å². The van der Waals surface area contributed by atoms with E-state index in [4.69, 9.17) is 9.15 Å². The number of amides is 1. The number of halogens is 1. The third kappa shape index (κ3) is 5.90. The number of ether oxygens (including phenoxy) is 1. The molecule has 8 heteroatoms. The van der Waals surface area contributed by atoms with Gasteiger partial charge in [-0.2, -0.15) is 0 Å². The maximum atomic E-state index is 12.4. The summed E-state index contributed by atoms with van der Waals surface area (Å²) in [5, 5.41) is 6.85. The number of hydrogen-bond acceptors (Lipinski definition) is 4. The van der Waals surface area contributed by atoms with Crippen molar-refractivity contribution in [1.29, 1.82) is 0 Å². The Bertz CT molecular complexity index is 835. The number of furan rings is 1. The van der Waals surface area contributed by atoms with E-state index in [2.05, 4.69) is 21.7 Å². The van der Waals surface area contributed by atoms with Crippen molar-refractivity contribution >= 4 is 35.8 Å². The molecule has 162 valence electrons. The number of para-hydroxylation sites is 1. The van der Waals surface area contributed by atoms with Crippen molar-refractivity contribution in [1.82, 2.24) is 15.5 Å². The van der Waals surface area contributed by atoms with Crippen LogP contribution in [0.25, 0.3) is 0 Å². The highest BCUT2D eigenvalue weighted by Crippen LogP contribution is 2.31. The second-order valence-electron chi connectivity index (χ2n) is 7.38. The number of likely N-dealkylation sites (tertiary alicyclic amines) is 1. The zero-order valence-corrected chi connectivity index (χ0v) is 19.3. The van der Waals surface area contributed by atoms with Crippen LogP contribution < -0.4 is 15.4 Å². The maximum absolute atomic E-state index is 12.4. The van der Waals surface area contributed by atoms with Crippen LogP contribution in [0.1, 0.15) is 36.6 Å². The molecule has 1 unspecified atom stereocenters. The minimum atomic E-state index is 0. The number of carbonyl (C=O) groups is 1. The van der Waals surface area contributed by atoms with Crippen LogP contribution in [0.2, 0.25) is 0 Å². The van der Waals surface area contributed by atoms with E-state index in [1.165, 1.54) is 0 Å². The highest BCUT2D eigenvalue weighted by Gasteiger charge is 2.22. The number of nitrogens with zero attached hydrogens (tertiary/aromatic N) is 2. The zero-order valence-electron chi connectivity index (χ0n) is 17.0. The van der Waals surface area contributed by atoms with Crippen LogP contribution in [0, 0.1) is 0 Å². The molecule has 2 N–H and O–H groups in total. The maximum Gasteiger partial charge on any atom is 0.244 e. The molecule has 1 aromatic heterocycles. The van der Waals surface area contributed by atoms with Gasteiger partial charge in [0.15, 0.2) is 5.96 Å². The third-order valence-electron chi connectivity index (χ3n) is 5.34. The summed E-state index contributed by atoms with van der Waals surface area (Å²) in [6.45, 7) is 3.16. The number of nitrogens with one attached hydrogen (secondary N) is 2. The van der Waals surface area contributed by atoms with Gasteiger partial charge in [-0.15, -0.1) is 24.0 Å². The standard InChI is InChI=1S/C22H28N4O3.HI/c27-21(26-12-3-4-13-26)16-24-22(23-11-9-17-6-5-14-28-17)25-19-10-15-29-20-8-2-1-7-18(19)20;/h1-2,5-8,14,19H,3-4,9-13,15-16H2,(H2,23,24,25);1H. The highest BCUT2D eigenvalue weighted by molar-refractivity contribution is 14.0. The Balaban J connectivity index is 0.00000256. The molecule has 1 fully saturated rings. The number of rotatable bonds is 6. The summed E-state index contributed by atoms with van der Waals surface area (Å²) in [5.74, 6) is 2.55. The lowest BCUT2D eigenvalue weighted by molar-refractivity contribution is -0.128. The Kier molecular flexibility index (Phi) is 8.41. The van der Waals surface area contributed by atoms with E-state index in [0.717, 1.165) is 55.8 Å². The summed E-state index contributed by atoms with van der Waals surface area (Å²) >= 11 is 0. The second-order valence-corrected chi connectivity index (χ2v) is 7.38. The molecule has 2 aromatic rings. The van der Waals surface area contributed by atoms with Crippen LogP contribution in [0.3, 0.4) is 0 Å². The predicted octanol–water partition coefficient (Wildman–Crippen LogP) is 3.12. The Hall–Kier alpha value is -2.23. The molecular weight excluding hydrogens is 495 g/mol. The molecule has 3 heterocycles. The lowest BCUT2D eigenvalue weighted by atomic mass is 10.0. The molecule has 0 aliphatic carbocycles. The average Bonchev–Trinajstić information content (AvgIpc) is 3.46. The van der Waals surface area contributed by atoms with E-state index in [1.54, 1.807) is 6.26 Å². The lowest BCUT2D eigenvalue weighted by Crippen LogP contribution is -2.42. The van der Waals surface area contributed by atoms with Gasteiger partial charge < -0.3 is 24.7 Å². The second kappa shape index (κ2) is 11.2. The summed E-state index contributed by atoms with van der Waals surface area (Å²) < 4.78 is 11.2. The molecule has 7 nitrogen and oxygen atoms in total. The van der Waals surface area contributed by atoms with Gasteiger partial charge in [-0.3, -0.25) is 4.79 Å². The molecule has 0 radical (unpaired) electrons. The van der Waals surface area contributed by atoms with Crippen LogP contribution in [-0.2, 0) is 11.2 Å². The van der Waals surface area contributed by atoms with Gasteiger partial charge in [0.05, 0.1) is 18.9 Å². The van der Waals surface area contributed by atoms with E-state index < -0.39 is 0 Å². The molecule has 2 aliphatic heterocycles. The van der Waals surface area contributed by atoms with E-state index in [9.17, 15) is 4.79 Å². The average molecular weight is 524 g/mol. The van der Waals surface area contributed by atoms with Gasteiger partial charge in [0.25, 0.3) is 0 Å². The molecular formula is C22H29IN4O3. The first-order chi connectivity index (χ1) is 14.3. The first-order valence-electron chi connectivity index (χ1n) is 10.4. The number of benzene rings is 1. The molecule has 1 saturated heterocycles. The first-order valence-corrected chi connectivity index (χ1v) is 10.4. The Morgan fingerprint density at radius 2 is 2.00 bits per heavy atom. The van der Waals surface area contributed by atoms with Crippen molar-refractivity contribution in [3.05, 3.63) is 54.0 Å². The molecule has 0 bridgehead atoms. The fraction of sp³-hybridized carbons (Fsp3) is 0.455. The smallest absolute Gasteiger partial charge is 0.244 e. The van der Waals surface area contributed by atoms with Crippen molar-refractivity contribution < 1.29 is 13.9 Å². The van der Waals surface area contributed by atoms with Crippen molar-refractivity contribution in [2.24, 2.45) is 4.99 Å². The van der Waals surface area contributed by atoms with Crippen LogP contribution in [0.5, 0.6) is 5.75 Å². The zero-order chi connectivity index (χ0) is 19.9. The van der Waals surface area contributed by atoms with Crippen molar-refractivity contribution in [2.75, 3.05) is 32.8 Å². The molecule has 0 saturated carbocycles. The van der Waals surface area contributed by atoms with Gasteiger partial charge in [-0.1, -0.05) is 18.2 Å². The van der Waals surface area contributed by atoms with Crippen LogP contribution in [-0.4, -0.2) is 49.6 Å². The van der Waals surface area contributed by atoms with E-state index in [-0.39, 0.29) is 42.5 Å². The first kappa shape index (κ1) is 22.5. The van der Waals surface area contributed by atoms with Gasteiger partial charge in [-0.25, -0.2) is 4.99 Å². The molecule has 4 rings (SSSR count). The number of guanidine groups is 1. The normalized spacial score (nSPS) is 18.2. The van der Waals surface area contributed by atoms with Crippen molar-refractivity contribution in [2.45, 2.75) is 31.7 Å².